The van der Waals surface area contributed by atoms with Gasteiger partial charge >= 0.3 is 0 Å². The Hall–Kier alpha value is -5.02. The molecule has 0 radical (unpaired) electrons. The Balaban J connectivity index is 1.29. The van der Waals surface area contributed by atoms with Crippen molar-refractivity contribution in [1.82, 2.24) is 9.13 Å². The molecule has 1 aliphatic heterocycles. The van der Waals surface area contributed by atoms with Gasteiger partial charge in [0.25, 0.3) is 0 Å². The quantitative estimate of drug-likeness (QED) is 0.224. The molecule has 1 aliphatic carbocycles. The number of anilines is 2. The Labute approximate surface area is 232 Å². The Kier molecular flexibility index (Phi) is 4.37. The van der Waals surface area contributed by atoms with Gasteiger partial charge in [-0.05, 0) is 72.7 Å². The van der Waals surface area contributed by atoms with Crippen LogP contribution in [0.3, 0.4) is 0 Å². The molecule has 0 bridgehead atoms. The average molecular weight is 514 g/mol. The van der Waals surface area contributed by atoms with Crippen LogP contribution in [0, 0.1) is 0 Å². The zero-order chi connectivity index (χ0) is 26.4. The molecule has 5 aromatic carbocycles. The fourth-order valence-electron chi connectivity index (χ4n) is 7.22. The summed E-state index contributed by atoms with van der Waals surface area (Å²) in [5.74, 6) is 0.423. The molecule has 1 atom stereocenters. The monoisotopic (exact) mass is 513 g/mol. The summed E-state index contributed by atoms with van der Waals surface area (Å²) in [4.78, 5) is 2.47. The summed E-state index contributed by atoms with van der Waals surface area (Å²) >= 11 is 0. The summed E-state index contributed by atoms with van der Waals surface area (Å²) in [6, 6.07) is 40.2. The lowest BCUT2D eigenvalue weighted by molar-refractivity contribution is 0.820. The first kappa shape index (κ1) is 21.9. The van der Waals surface area contributed by atoms with Gasteiger partial charge in [0.2, 0.25) is 0 Å². The highest BCUT2D eigenvalue weighted by molar-refractivity contribution is 6.12. The Morgan fingerprint density at radius 1 is 0.600 bits per heavy atom. The first-order valence-electron chi connectivity index (χ1n) is 14.0. The molecule has 3 nitrogen and oxygen atoms in total. The van der Waals surface area contributed by atoms with E-state index in [1.54, 1.807) is 0 Å². The van der Waals surface area contributed by atoms with Gasteiger partial charge in [0.1, 0.15) is 0 Å². The predicted octanol–water partition coefficient (Wildman–Crippen LogP) is 9.51. The van der Waals surface area contributed by atoms with Crippen LogP contribution in [0.2, 0.25) is 0 Å². The normalized spacial score (nSPS) is 16.3. The number of rotatable bonds is 2. The number of hydrogen-bond donors (Lipinski definition) is 0. The maximum atomic E-state index is 2.47. The predicted molar refractivity (Wildman–Crippen MR) is 168 cm³/mol. The summed E-state index contributed by atoms with van der Waals surface area (Å²) in [6.07, 6.45) is 7.84. The van der Waals surface area contributed by atoms with Crippen molar-refractivity contribution < 1.29 is 0 Å². The smallest absolute Gasteiger partial charge is 0.0541 e. The number of nitrogens with zero attached hydrogens (tertiary/aromatic N) is 3. The van der Waals surface area contributed by atoms with E-state index < -0.39 is 0 Å². The van der Waals surface area contributed by atoms with E-state index in [1.165, 1.54) is 71.9 Å². The molecule has 0 spiro atoms. The fraction of sp³-hybridized carbons (Fsp3) is 0.0811. The van der Waals surface area contributed by atoms with Crippen LogP contribution in [-0.4, -0.2) is 9.13 Å². The Morgan fingerprint density at radius 3 is 1.98 bits per heavy atom. The van der Waals surface area contributed by atoms with Gasteiger partial charge in [-0.1, -0.05) is 66.7 Å². The topological polar surface area (TPSA) is 13.1 Å². The summed E-state index contributed by atoms with van der Waals surface area (Å²) in [7, 11) is 2.18. The number of benzene rings is 5. The van der Waals surface area contributed by atoms with Crippen LogP contribution in [-0.2, 0) is 7.05 Å². The van der Waals surface area contributed by atoms with Crippen LogP contribution < -0.4 is 4.90 Å². The van der Waals surface area contributed by atoms with Crippen molar-refractivity contribution in [2.45, 2.75) is 12.3 Å². The molecule has 190 valence electrons. The van der Waals surface area contributed by atoms with E-state index in [0.29, 0.717) is 5.92 Å². The second-order valence-corrected chi connectivity index (χ2v) is 11.0. The first-order chi connectivity index (χ1) is 19.8. The highest BCUT2D eigenvalue weighted by Crippen LogP contribution is 2.51. The Morgan fingerprint density at radius 2 is 1.23 bits per heavy atom. The van der Waals surface area contributed by atoms with Crippen molar-refractivity contribution in [3.63, 3.8) is 0 Å². The Bertz CT molecular complexity index is 2170. The van der Waals surface area contributed by atoms with Gasteiger partial charge in [0.15, 0.2) is 0 Å². The minimum absolute atomic E-state index is 0.423. The van der Waals surface area contributed by atoms with Crippen LogP contribution in [0.25, 0.3) is 49.3 Å². The number of aromatic nitrogens is 2. The lowest BCUT2D eigenvalue weighted by Crippen LogP contribution is -2.14. The zero-order valence-corrected chi connectivity index (χ0v) is 22.3. The highest BCUT2D eigenvalue weighted by Gasteiger charge is 2.34. The van der Waals surface area contributed by atoms with Crippen LogP contribution in [0.5, 0.6) is 0 Å². The van der Waals surface area contributed by atoms with Gasteiger partial charge in [-0.2, -0.15) is 0 Å². The lowest BCUT2D eigenvalue weighted by Gasteiger charge is -2.24. The van der Waals surface area contributed by atoms with E-state index in [-0.39, 0.29) is 0 Å². The van der Waals surface area contributed by atoms with Gasteiger partial charge in [0, 0.05) is 68.3 Å². The van der Waals surface area contributed by atoms with E-state index >= 15 is 0 Å². The van der Waals surface area contributed by atoms with Crippen molar-refractivity contribution in [2.24, 2.45) is 7.05 Å². The minimum atomic E-state index is 0.423. The van der Waals surface area contributed by atoms with Crippen molar-refractivity contribution in [2.75, 3.05) is 4.90 Å². The summed E-state index contributed by atoms with van der Waals surface area (Å²) in [6.45, 7) is 0. The van der Waals surface area contributed by atoms with Crippen molar-refractivity contribution in [3.8, 4) is 5.69 Å². The molecule has 0 amide bonds. The molecular weight excluding hydrogens is 486 g/mol. The van der Waals surface area contributed by atoms with Crippen molar-refractivity contribution >= 4 is 55.0 Å². The summed E-state index contributed by atoms with van der Waals surface area (Å²) in [5.41, 5.74) is 11.5. The van der Waals surface area contributed by atoms with E-state index in [2.05, 4.69) is 149 Å². The van der Waals surface area contributed by atoms with Gasteiger partial charge in [-0.3, -0.25) is 0 Å². The van der Waals surface area contributed by atoms with Gasteiger partial charge in [-0.15, -0.1) is 0 Å². The van der Waals surface area contributed by atoms with Crippen LogP contribution >= 0.6 is 0 Å². The number of hydrogen-bond acceptors (Lipinski definition) is 1. The van der Waals surface area contributed by atoms with Crippen molar-refractivity contribution in [3.05, 3.63) is 139 Å². The molecular formula is C37H27N3. The van der Waals surface area contributed by atoms with Crippen molar-refractivity contribution in [1.29, 1.82) is 0 Å². The molecule has 40 heavy (non-hydrogen) atoms. The standard InChI is InChI=1S/C37H27N3/c1-38-32-20-18-24(39-34-14-6-2-10-26(34)27-11-3-7-15-35(27)39)22-30(32)31-23-25(19-21-33(31)38)40-36-16-8-4-12-28(36)29-13-5-9-17-37(29)40/h2-12,14-23,29H,13H2,1H3. The molecule has 2 aliphatic rings. The third-order valence-corrected chi connectivity index (χ3v) is 9.01. The third kappa shape index (κ3) is 2.84. The maximum Gasteiger partial charge on any atom is 0.0541 e. The molecule has 1 unspecified atom stereocenters. The molecule has 3 heterocycles. The number of allylic oxidation sites excluding steroid dienone is 4. The highest BCUT2D eigenvalue weighted by atomic mass is 15.2. The number of aryl methyl sites for hydroxylation is 1. The van der Waals surface area contributed by atoms with Gasteiger partial charge in [0.05, 0.1) is 11.0 Å². The van der Waals surface area contributed by atoms with Crippen LogP contribution in [0.1, 0.15) is 17.9 Å². The molecule has 0 N–H and O–H groups in total. The van der Waals surface area contributed by atoms with Crippen LogP contribution in [0.15, 0.2) is 133 Å². The van der Waals surface area contributed by atoms with E-state index in [0.717, 1.165) is 6.42 Å². The van der Waals surface area contributed by atoms with E-state index in [9.17, 15) is 0 Å². The third-order valence-electron chi connectivity index (χ3n) is 9.01. The minimum Gasteiger partial charge on any atom is -0.344 e. The number of para-hydroxylation sites is 3. The summed E-state index contributed by atoms with van der Waals surface area (Å²) < 4.78 is 4.74. The molecule has 9 rings (SSSR count). The van der Waals surface area contributed by atoms with Gasteiger partial charge < -0.3 is 14.0 Å². The lowest BCUT2D eigenvalue weighted by atomic mass is 9.92. The molecule has 0 saturated carbocycles. The van der Waals surface area contributed by atoms with Crippen LogP contribution in [0.4, 0.5) is 11.4 Å². The molecule has 2 aromatic heterocycles. The fourth-order valence-corrected chi connectivity index (χ4v) is 7.22. The second kappa shape index (κ2) is 8.00. The SMILES string of the molecule is Cn1c2ccc(N3C4=CC=CCC4c4ccccc43)cc2c2cc(-n3c4ccccc4c4ccccc43)ccc21. The first-order valence-corrected chi connectivity index (χ1v) is 14.0. The largest absolute Gasteiger partial charge is 0.344 e. The van der Waals surface area contributed by atoms with E-state index in [4.69, 9.17) is 0 Å². The molecule has 0 saturated heterocycles. The number of fused-ring (bicyclic) bond motifs is 9. The molecule has 7 aromatic rings. The average Bonchev–Trinajstić information content (AvgIpc) is 3.63. The second-order valence-electron chi connectivity index (χ2n) is 11.0. The summed E-state index contributed by atoms with van der Waals surface area (Å²) in [5, 5.41) is 5.14. The zero-order valence-electron chi connectivity index (χ0n) is 22.3. The van der Waals surface area contributed by atoms with E-state index in [1.807, 2.05) is 0 Å². The maximum absolute atomic E-state index is 2.47. The molecule has 3 heteroatoms. The van der Waals surface area contributed by atoms with Gasteiger partial charge in [-0.25, -0.2) is 0 Å². The molecule has 0 fully saturated rings.